The molecule has 5 heteroatoms. The van der Waals surface area contributed by atoms with E-state index in [0.717, 1.165) is 18.4 Å². The van der Waals surface area contributed by atoms with Gasteiger partial charge in [-0.1, -0.05) is 30.3 Å². The van der Waals surface area contributed by atoms with Crippen LogP contribution in [0.15, 0.2) is 30.3 Å². The van der Waals surface area contributed by atoms with Crippen molar-refractivity contribution in [1.82, 2.24) is 0 Å². The maximum atomic E-state index is 12.2. The number of carbonyl (C=O) groups excluding carboxylic acids is 2. The lowest BCUT2D eigenvalue weighted by atomic mass is 10.2. The van der Waals surface area contributed by atoms with Crippen molar-refractivity contribution in [1.29, 1.82) is 0 Å². The molecule has 0 atom stereocenters. The second kappa shape index (κ2) is 6.73. The van der Waals surface area contributed by atoms with E-state index in [1.807, 2.05) is 51.1 Å². The van der Waals surface area contributed by atoms with E-state index in [2.05, 4.69) is 0 Å². The molecule has 1 aromatic rings. The van der Waals surface area contributed by atoms with Gasteiger partial charge in [0, 0.05) is 0 Å². The van der Waals surface area contributed by atoms with Gasteiger partial charge in [-0.25, -0.2) is 0 Å². The lowest BCUT2D eigenvalue weighted by molar-refractivity contribution is -0.151. The van der Waals surface area contributed by atoms with Crippen molar-refractivity contribution in [2.75, 3.05) is 5.75 Å². The predicted octanol–water partition coefficient (Wildman–Crippen LogP) is 3.34. The topological polar surface area (TPSA) is 52.6 Å². The molecule has 1 saturated carbocycles. The fourth-order valence-corrected chi connectivity index (χ4v) is 2.96. The molecule has 0 saturated heterocycles. The Hall–Kier alpha value is -1.49. The quantitative estimate of drug-likeness (QED) is 0.752. The molecule has 1 aromatic carbocycles. The maximum absolute atomic E-state index is 12.2. The molecule has 0 unspecified atom stereocenters. The number of esters is 2. The van der Waals surface area contributed by atoms with Crippen LogP contribution in [0.5, 0.6) is 0 Å². The maximum Gasteiger partial charge on any atom is 0.322 e. The smallest absolute Gasteiger partial charge is 0.322 e. The summed E-state index contributed by atoms with van der Waals surface area (Å²) in [6.45, 7) is 5.76. The Bertz CT molecular complexity index is 529. The second-order valence-electron chi connectivity index (χ2n) is 6.43. The summed E-state index contributed by atoms with van der Waals surface area (Å²) in [7, 11) is 0. The molecule has 0 aromatic heterocycles. The molecule has 4 nitrogen and oxygen atoms in total. The van der Waals surface area contributed by atoms with Gasteiger partial charge >= 0.3 is 11.9 Å². The lowest BCUT2D eigenvalue weighted by Crippen LogP contribution is -2.28. The molecule has 0 amide bonds. The normalized spacial score (nSPS) is 16.0. The Balaban J connectivity index is 1.78. The van der Waals surface area contributed by atoms with Gasteiger partial charge in [0.1, 0.15) is 17.0 Å². The van der Waals surface area contributed by atoms with Crippen LogP contribution in [-0.4, -0.2) is 28.0 Å². The standard InChI is InChI=1S/C17H22O4S/c1-16(2,3)21-14(18)12-22-17(9-10-17)15(19)20-11-13-7-5-4-6-8-13/h4-8H,9-12H2,1-3H3. The van der Waals surface area contributed by atoms with Crippen molar-refractivity contribution in [3.05, 3.63) is 35.9 Å². The zero-order valence-electron chi connectivity index (χ0n) is 13.3. The number of thioether (sulfide) groups is 1. The van der Waals surface area contributed by atoms with Gasteiger partial charge in [-0.15, -0.1) is 11.8 Å². The van der Waals surface area contributed by atoms with Gasteiger partial charge < -0.3 is 9.47 Å². The van der Waals surface area contributed by atoms with Crippen molar-refractivity contribution in [2.45, 2.75) is 50.6 Å². The SMILES string of the molecule is CC(C)(C)OC(=O)CSC1(C(=O)OCc2ccccc2)CC1. The van der Waals surface area contributed by atoms with Crippen molar-refractivity contribution in [3.8, 4) is 0 Å². The van der Waals surface area contributed by atoms with E-state index < -0.39 is 10.3 Å². The lowest BCUT2D eigenvalue weighted by Gasteiger charge is -2.20. The largest absolute Gasteiger partial charge is 0.460 e. The Morgan fingerprint density at radius 1 is 1.18 bits per heavy atom. The molecular formula is C17H22O4S. The van der Waals surface area contributed by atoms with E-state index >= 15 is 0 Å². The molecular weight excluding hydrogens is 300 g/mol. The van der Waals surface area contributed by atoms with Crippen LogP contribution < -0.4 is 0 Å². The van der Waals surface area contributed by atoms with Crippen molar-refractivity contribution >= 4 is 23.7 Å². The van der Waals surface area contributed by atoms with Crippen molar-refractivity contribution in [2.24, 2.45) is 0 Å². The van der Waals surface area contributed by atoms with Crippen LogP contribution in [0, 0.1) is 0 Å². The molecule has 1 aliphatic rings. The summed E-state index contributed by atoms with van der Waals surface area (Å²) in [5.74, 6) is -0.345. The van der Waals surface area contributed by atoms with Crippen LogP contribution >= 0.6 is 11.8 Å². The summed E-state index contributed by atoms with van der Waals surface area (Å²) in [5, 5.41) is 0. The highest BCUT2D eigenvalue weighted by Crippen LogP contribution is 2.49. The molecule has 2 rings (SSSR count). The van der Waals surface area contributed by atoms with Crippen LogP contribution in [0.1, 0.15) is 39.2 Å². The second-order valence-corrected chi connectivity index (χ2v) is 7.79. The predicted molar refractivity (Wildman–Crippen MR) is 86.5 cm³/mol. The van der Waals surface area contributed by atoms with Crippen LogP contribution in [0.25, 0.3) is 0 Å². The summed E-state index contributed by atoms with van der Waals surface area (Å²) in [5.41, 5.74) is 0.464. The molecule has 1 aliphatic carbocycles. The minimum atomic E-state index is -0.550. The fraction of sp³-hybridized carbons (Fsp3) is 0.529. The van der Waals surface area contributed by atoms with Crippen LogP contribution in [0.4, 0.5) is 0 Å². The molecule has 0 bridgehead atoms. The van der Waals surface area contributed by atoms with E-state index in [1.54, 1.807) is 0 Å². The van der Waals surface area contributed by atoms with Gasteiger partial charge in [-0.3, -0.25) is 9.59 Å². The molecule has 22 heavy (non-hydrogen) atoms. The summed E-state index contributed by atoms with van der Waals surface area (Å²) in [6.07, 6.45) is 1.52. The fourth-order valence-electron chi connectivity index (χ4n) is 1.94. The Morgan fingerprint density at radius 3 is 2.36 bits per heavy atom. The van der Waals surface area contributed by atoms with Gasteiger partial charge in [0.25, 0.3) is 0 Å². The zero-order valence-corrected chi connectivity index (χ0v) is 14.1. The first-order valence-corrected chi connectivity index (χ1v) is 8.36. The van der Waals surface area contributed by atoms with Crippen LogP contribution in [0.2, 0.25) is 0 Å². The van der Waals surface area contributed by atoms with Crippen LogP contribution in [0.3, 0.4) is 0 Å². The molecule has 0 heterocycles. The third-order valence-electron chi connectivity index (χ3n) is 3.18. The Kier molecular flexibility index (Phi) is 5.16. The number of hydrogen-bond acceptors (Lipinski definition) is 5. The number of benzene rings is 1. The molecule has 0 radical (unpaired) electrons. The van der Waals surface area contributed by atoms with Gasteiger partial charge in [0.2, 0.25) is 0 Å². The van der Waals surface area contributed by atoms with Crippen molar-refractivity contribution in [3.63, 3.8) is 0 Å². The van der Waals surface area contributed by atoms with Gasteiger partial charge in [0.15, 0.2) is 0 Å². The summed E-state index contributed by atoms with van der Waals surface area (Å²) in [4.78, 5) is 23.9. The highest BCUT2D eigenvalue weighted by atomic mass is 32.2. The monoisotopic (exact) mass is 322 g/mol. The van der Waals surface area contributed by atoms with Crippen molar-refractivity contribution < 1.29 is 19.1 Å². The minimum absolute atomic E-state index is 0.178. The number of carbonyl (C=O) groups is 2. The third kappa shape index (κ3) is 5.05. The average molecular weight is 322 g/mol. The number of rotatable bonds is 6. The molecule has 0 spiro atoms. The Morgan fingerprint density at radius 2 is 1.82 bits per heavy atom. The molecule has 0 N–H and O–H groups in total. The Labute approximate surface area is 135 Å². The van der Waals surface area contributed by atoms with E-state index in [0.29, 0.717) is 0 Å². The third-order valence-corrected chi connectivity index (χ3v) is 4.68. The first-order chi connectivity index (χ1) is 10.3. The average Bonchev–Trinajstić information content (AvgIpc) is 3.23. The summed E-state index contributed by atoms with van der Waals surface area (Å²) < 4.78 is 10.1. The first kappa shape index (κ1) is 16.9. The van der Waals surface area contributed by atoms with Gasteiger partial charge in [-0.2, -0.15) is 0 Å². The van der Waals surface area contributed by atoms with Gasteiger partial charge in [-0.05, 0) is 39.2 Å². The van der Waals surface area contributed by atoms with Crippen LogP contribution in [-0.2, 0) is 25.7 Å². The van der Waals surface area contributed by atoms with Gasteiger partial charge in [0.05, 0.1) is 5.75 Å². The zero-order chi connectivity index (χ0) is 16.2. The summed E-state index contributed by atoms with van der Waals surface area (Å²) >= 11 is 1.33. The summed E-state index contributed by atoms with van der Waals surface area (Å²) in [6, 6.07) is 9.58. The van der Waals surface area contributed by atoms with E-state index in [1.165, 1.54) is 11.8 Å². The number of ether oxygens (including phenoxy) is 2. The van der Waals surface area contributed by atoms with E-state index in [4.69, 9.17) is 9.47 Å². The minimum Gasteiger partial charge on any atom is -0.460 e. The molecule has 0 aliphatic heterocycles. The highest BCUT2D eigenvalue weighted by molar-refractivity contribution is 8.02. The molecule has 120 valence electrons. The molecule has 1 fully saturated rings. The van der Waals surface area contributed by atoms with E-state index in [-0.39, 0.29) is 24.3 Å². The first-order valence-electron chi connectivity index (χ1n) is 7.38. The number of hydrogen-bond donors (Lipinski definition) is 0. The highest BCUT2D eigenvalue weighted by Gasteiger charge is 2.52. The van der Waals surface area contributed by atoms with E-state index in [9.17, 15) is 9.59 Å².